The fourth-order valence-electron chi connectivity index (χ4n) is 2.45. The van der Waals surface area contributed by atoms with Gasteiger partial charge in [-0.3, -0.25) is 0 Å². The van der Waals surface area contributed by atoms with Crippen LogP contribution in [0.15, 0.2) is 36.4 Å². The van der Waals surface area contributed by atoms with E-state index < -0.39 is 17.0 Å². The Kier molecular flexibility index (Phi) is 3.38. The Morgan fingerprint density at radius 1 is 1.20 bits per heavy atom. The highest BCUT2D eigenvalue weighted by molar-refractivity contribution is 6.21. The minimum atomic E-state index is -0.725. The van der Waals surface area contributed by atoms with Gasteiger partial charge in [-0.1, -0.05) is 18.2 Å². The van der Waals surface area contributed by atoms with Crippen molar-refractivity contribution in [2.75, 3.05) is 0 Å². The lowest BCUT2D eigenvalue weighted by atomic mass is 10.0. The zero-order valence-corrected chi connectivity index (χ0v) is 11.6. The molecule has 2 unspecified atom stereocenters. The maximum absolute atomic E-state index is 14.0. The molecule has 0 saturated heterocycles. The average Bonchev–Trinajstić information content (AvgIpc) is 2.86. The first-order chi connectivity index (χ1) is 9.56. The summed E-state index contributed by atoms with van der Waals surface area (Å²) in [4.78, 5) is 0. The van der Waals surface area contributed by atoms with Gasteiger partial charge in [0.25, 0.3) is 0 Å². The van der Waals surface area contributed by atoms with Gasteiger partial charge in [0.15, 0.2) is 0 Å². The van der Waals surface area contributed by atoms with Gasteiger partial charge in [-0.2, -0.15) is 0 Å². The molecule has 0 N–H and O–H groups in total. The second kappa shape index (κ2) is 5.06. The number of ether oxygens (including phenoxy) is 1. The Labute approximate surface area is 121 Å². The van der Waals surface area contributed by atoms with Crippen LogP contribution < -0.4 is 4.74 Å². The van der Waals surface area contributed by atoms with Crippen molar-refractivity contribution in [3.05, 3.63) is 64.7 Å². The number of hydrogen-bond acceptors (Lipinski definition) is 1. The molecule has 4 heteroatoms. The molecule has 20 heavy (non-hydrogen) atoms. The number of alkyl halides is 1. The number of halogens is 3. The van der Waals surface area contributed by atoms with E-state index in [1.807, 2.05) is 24.3 Å². The third kappa shape index (κ3) is 2.27. The van der Waals surface area contributed by atoms with Crippen LogP contribution in [0.1, 0.15) is 22.1 Å². The van der Waals surface area contributed by atoms with Crippen LogP contribution in [0, 0.1) is 18.6 Å². The van der Waals surface area contributed by atoms with Crippen LogP contribution in [-0.2, 0) is 6.42 Å². The molecule has 0 fully saturated rings. The maximum Gasteiger partial charge on any atom is 0.128 e. The molecule has 2 aromatic carbocycles. The van der Waals surface area contributed by atoms with Crippen LogP contribution in [-0.4, -0.2) is 6.10 Å². The molecule has 0 amide bonds. The molecule has 0 saturated carbocycles. The van der Waals surface area contributed by atoms with Crippen LogP contribution in [0.3, 0.4) is 0 Å². The van der Waals surface area contributed by atoms with Crippen molar-refractivity contribution in [2.24, 2.45) is 0 Å². The van der Waals surface area contributed by atoms with E-state index in [1.54, 1.807) is 0 Å². The van der Waals surface area contributed by atoms with Crippen LogP contribution in [0.5, 0.6) is 5.75 Å². The van der Waals surface area contributed by atoms with E-state index in [0.29, 0.717) is 6.42 Å². The van der Waals surface area contributed by atoms with Crippen LogP contribution in [0.4, 0.5) is 8.78 Å². The van der Waals surface area contributed by atoms with Crippen molar-refractivity contribution in [1.29, 1.82) is 0 Å². The van der Waals surface area contributed by atoms with Crippen molar-refractivity contribution < 1.29 is 13.5 Å². The highest BCUT2D eigenvalue weighted by atomic mass is 35.5. The molecule has 3 rings (SSSR count). The van der Waals surface area contributed by atoms with Crippen molar-refractivity contribution >= 4 is 11.6 Å². The van der Waals surface area contributed by atoms with E-state index in [4.69, 9.17) is 16.3 Å². The summed E-state index contributed by atoms with van der Waals surface area (Å²) in [5.41, 5.74) is 1.45. The summed E-state index contributed by atoms with van der Waals surface area (Å²) < 4.78 is 33.3. The van der Waals surface area contributed by atoms with Crippen LogP contribution >= 0.6 is 11.6 Å². The lowest BCUT2D eigenvalue weighted by Gasteiger charge is -2.18. The number of aryl methyl sites for hydroxylation is 1. The molecule has 1 aliphatic heterocycles. The number of hydrogen-bond donors (Lipinski definition) is 0. The van der Waals surface area contributed by atoms with Gasteiger partial charge in [0.05, 0.1) is 5.38 Å². The topological polar surface area (TPSA) is 9.23 Å². The second-order valence-corrected chi connectivity index (χ2v) is 5.46. The summed E-state index contributed by atoms with van der Waals surface area (Å²) in [6.07, 6.45) is 0.213. The molecular formula is C16H13ClF2O. The van der Waals surface area contributed by atoms with Gasteiger partial charge in [0.2, 0.25) is 0 Å². The number of benzene rings is 2. The average molecular weight is 295 g/mol. The first kappa shape index (κ1) is 13.4. The molecule has 1 nitrogen and oxygen atoms in total. The van der Waals surface area contributed by atoms with Gasteiger partial charge in [0.1, 0.15) is 23.5 Å². The summed E-state index contributed by atoms with van der Waals surface area (Å²) >= 11 is 6.30. The van der Waals surface area contributed by atoms with Crippen molar-refractivity contribution in [2.45, 2.75) is 24.8 Å². The fraction of sp³-hybridized carbons (Fsp3) is 0.250. The standard InChI is InChI=1S/C16H13ClF2O/c1-9-6-13(19)11(8-12(9)18)16(17)15-7-10-4-2-3-5-14(10)20-15/h2-6,8,15-16H,7H2,1H3. The molecule has 1 aliphatic rings. The first-order valence-corrected chi connectivity index (χ1v) is 6.84. The van der Waals surface area contributed by atoms with Crippen molar-refractivity contribution in [1.82, 2.24) is 0 Å². The van der Waals surface area contributed by atoms with Crippen LogP contribution in [0.2, 0.25) is 0 Å². The third-order valence-electron chi connectivity index (χ3n) is 3.57. The van der Waals surface area contributed by atoms with Gasteiger partial charge >= 0.3 is 0 Å². The highest BCUT2D eigenvalue weighted by Crippen LogP contribution is 2.38. The smallest absolute Gasteiger partial charge is 0.128 e. The normalized spacial score (nSPS) is 18.5. The van der Waals surface area contributed by atoms with Crippen LogP contribution in [0.25, 0.3) is 0 Å². The quantitative estimate of drug-likeness (QED) is 0.738. The van der Waals surface area contributed by atoms with Crippen molar-refractivity contribution in [3.63, 3.8) is 0 Å². The van der Waals surface area contributed by atoms with E-state index >= 15 is 0 Å². The Morgan fingerprint density at radius 3 is 2.70 bits per heavy atom. The van der Waals surface area contributed by atoms with E-state index in [2.05, 4.69) is 0 Å². The summed E-state index contributed by atoms with van der Waals surface area (Å²) in [5.74, 6) is -0.192. The molecule has 0 radical (unpaired) electrons. The summed E-state index contributed by atoms with van der Waals surface area (Å²) in [6, 6.07) is 9.92. The second-order valence-electron chi connectivity index (χ2n) is 4.99. The molecule has 2 atom stereocenters. The molecule has 0 bridgehead atoms. The zero-order valence-electron chi connectivity index (χ0n) is 10.9. The summed E-state index contributed by atoms with van der Waals surface area (Å²) in [5, 5.41) is -0.725. The van der Waals surface area contributed by atoms with Gasteiger partial charge in [0, 0.05) is 12.0 Å². The zero-order chi connectivity index (χ0) is 14.3. The molecule has 0 spiro atoms. The lowest BCUT2D eigenvalue weighted by molar-refractivity contribution is 0.225. The predicted molar refractivity (Wildman–Crippen MR) is 74.3 cm³/mol. The van der Waals surface area contributed by atoms with E-state index in [9.17, 15) is 8.78 Å². The largest absolute Gasteiger partial charge is 0.488 e. The van der Waals surface area contributed by atoms with Gasteiger partial charge in [-0.25, -0.2) is 8.78 Å². The minimum absolute atomic E-state index is 0.146. The molecule has 0 aromatic heterocycles. The van der Waals surface area contributed by atoms with E-state index in [-0.39, 0.29) is 17.2 Å². The SMILES string of the molecule is Cc1cc(F)c(C(Cl)C2Cc3ccccc3O2)cc1F. The Bertz CT molecular complexity index is 632. The third-order valence-corrected chi connectivity index (χ3v) is 4.09. The molecule has 2 aromatic rings. The van der Waals surface area contributed by atoms with Gasteiger partial charge in [-0.15, -0.1) is 11.6 Å². The lowest BCUT2D eigenvalue weighted by Crippen LogP contribution is -2.20. The van der Waals surface area contributed by atoms with E-state index in [1.165, 1.54) is 13.0 Å². The molecular weight excluding hydrogens is 282 g/mol. The molecule has 1 heterocycles. The summed E-state index contributed by atoms with van der Waals surface area (Å²) in [6.45, 7) is 1.52. The van der Waals surface area contributed by atoms with Gasteiger partial charge in [-0.05, 0) is 36.2 Å². The Hall–Kier alpha value is -1.61. The summed E-state index contributed by atoms with van der Waals surface area (Å²) in [7, 11) is 0. The number of para-hydroxylation sites is 1. The highest BCUT2D eigenvalue weighted by Gasteiger charge is 2.31. The number of fused-ring (bicyclic) bond motifs is 1. The molecule has 0 aliphatic carbocycles. The minimum Gasteiger partial charge on any atom is -0.488 e. The van der Waals surface area contributed by atoms with E-state index in [0.717, 1.165) is 17.4 Å². The van der Waals surface area contributed by atoms with Gasteiger partial charge < -0.3 is 4.74 Å². The van der Waals surface area contributed by atoms with Crippen molar-refractivity contribution in [3.8, 4) is 5.75 Å². The Morgan fingerprint density at radius 2 is 1.95 bits per heavy atom. The first-order valence-electron chi connectivity index (χ1n) is 6.40. The fourth-order valence-corrected chi connectivity index (χ4v) is 2.75. The Balaban J connectivity index is 1.88. The monoisotopic (exact) mass is 294 g/mol. The molecule has 104 valence electrons. The maximum atomic E-state index is 14.0. The number of rotatable bonds is 2. The predicted octanol–water partition coefficient (Wildman–Crippen LogP) is 4.56.